The molecule has 0 saturated heterocycles. The highest BCUT2D eigenvalue weighted by molar-refractivity contribution is 6.24. The zero-order valence-electron chi connectivity index (χ0n) is 61.5. The lowest BCUT2D eigenvalue weighted by Gasteiger charge is -2.24. The normalized spacial score (nSPS) is 14.4. The Morgan fingerprint density at radius 3 is 0.889 bits per heavy atom. The van der Waals surface area contributed by atoms with Crippen LogP contribution in [0.1, 0.15) is 257 Å². The number of aromatic nitrogens is 1. The third kappa shape index (κ3) is 15.3. The molecule has 0 saturated carbocycles. The summed E-state index contributed by atoms with van der Waals surface area (Å²) < 4.78 is 56.6. The average molecular weight is 1350 g/mol. The van der Waals surface area contributed by atoms with Crippen LogP contribution in [0, 0.1) is 96.4 Å². The van der Waals surface area contributed by atoms with Crippen molar-refractivity contribution in [1.29, 1.82) is 0 Å². The van der Waals surface area contributed by atoms with Gasteiger partial charge in [-0.25, -0.2) is 17.6 Å². The first-order valence-electron chi connectivity index (χ1n) is 35.9. The van der Waals surface area contributed by atoms with Gasteiger partial charge in [0.05, 0.1) is 33.4 Å². The van der Waals surface area contributed by atoms with Crippen molar-refractivity contribution < 1.29 is 46.3 Å². The SMILES string of the molecule is CC(C)(C)n1c2ccccc2c2ccccc21.CCCCC(CC)CN1C(=O)c2c(C)c(C)c(C)c(C)c2C1=O.CCCCC(CC)CN1C(=O)c2c(C)c(C)c(C)c(C)c2C1=O.CCCCC(CC)CN1C(=O)c2c(F)c(F)c(F)c(F)c2C1=O.c1ccc2c(c1)Cc1ccccc1-2. The van der Waals surface area contributed by atoms with Crippen LogP contribution in [-0.4, -0.2) is 74.3 Å². The second-order valence-corrected chi connectivity index (χ2v) is 28.4. The number of hydrogen-bond acceptors (Lipinski definition) is 6. The van der Waals surface area contributed by atoms with Gasteiger partial charge in [-0.2, -0.15) is 0 Å². The Balaban J connectivity index is 0.000000159. The van der Waals surface area contributed by atoms with Gasteiger partial charge in [-0.3, -0.25) is 43.5 Å². The molecule has 526 valence electrons. The highest BCUT2D eigenvalue weighted by atomic mass is 19.2. The number of carbonyl (C=O) groups is 6. The van der Waals surface area contributed by atoms with Crippen LogP contribution in [-0.2, 0) is 12.0 Å². The van der Waals surface area contributed by atoms with Gasteiger partial charge in [-0.1, -0.05) is 184 Å². The van der Waals surface area contributed by atoms with E-state index in [4.69, 9.17) is 0 Å². The number of hydrogen-bond donors (Lipinski definition) is 0. The molecule has 4 heterocycles. The number of benzene rings is 7. The van der Waals surface area contributed by atoms with Crippen molar-refractivity contribution in [2.75, 3.05) is 19.6 Å². The first-order valence-corrected chi connectivity index (χ1v) is 35.9. The van der Waals surface area contributed by atoms with E-state index in [0.717, 1.165) is 122 Å². The van der Waals surface area contributed by atoms with Crippen molar-refractivity contribution in [1.82, 2.24) is 19.3 Å². The Labute approximate surface area is 584 Å². The van der Waals surface area contributed by atoms with Crippen molar-refractivity contribution in [3.8, 4) is 11.1 Å². The monoisotopic (exact) mass is 1350 g/mol. The summed E-state index contributed by atoms with van der Waals surface area (Å²) in [5, 5.41) is 2.69. The highest BCUT2D eigenvalue weighted by Gasteiger charge is 2.45. The molecule has 0 N–H and O–H groups in total. The molecule has 1 aliphatic carbocycles. The number of unbranched alkanes of at least 4 members (excludes halogenated alkanes) is 3. The quantitative estimate of drug-likeness (QED) is 0.0366. The van der Waals surface area contributed by atoms with Crippen LogP contribution in [0.15, 0.2) is 97.1 Å². The molecule has 0 bridgehead atoms. The molecule has 8 aromatic rings. The summed E-state index contributed by atoms with van der Waals surface area (Å²) in [7, 11) is 0. The van der Waals surface area contributed by atoms with Crippen LogP contribution in [0.4, 0.5) is 17.6 Å². The lowest BCUT2D eigenvalue weighted by Crippen LogP contribution is -2.34. The van der Waals surface area contributed by atoms with Gasteiger partial charge in [-0.15, -0.1) is 0 Å². The van der Waals surface area contributed by atoms with E-state index in [9.17, 15) is 46.3 Å². The van der Waals surface area contributed by atoms with E-state index < -0.39 is 46.2 Å². The van der Waals surface area contributed by atoms with Crippen molar-refractivity contribution in [3.63, 3.8) is 0 Å². The Bertz CT molecular complexity index is 3880. The van der Waals surface area contributed by atoms with Crippen LogP contribution in [0.3, 0.4) is 0 Å². The molecule has 10 nitrogen and oxygen atoms in total. The Morgan fingerprint density at radius 1 is 0.354 bits per heavy atom. The van der Waals surface area contributed by atoms with Gasteiger partial charge in [0.1, 0.15) is 0 Å². The predicted octanol–water partition coefficient (Wildman–Crippen LogP) is 21.3. The van der Waals surface area contributed by atoms with E-state index >= 15 is 0 Å². The molecule has 12 rings (SSSR count). The summed E-state index contributed by atoms with van der Waals surface area (Å²) >= 11 is 0. The van der Waals surface area contributed by atoms with E-state index in [0.29, 0.717) is 58.5 Å². The molecule has 14 heteroatoms. The number of halogens is 4. The van der Waals surface area contributed by atoms with Gasteiger partial charge in [0, 0.05) is 47.0 Å². The molecule has 0 spiro atoms. The summed E-state index contributed by atoms with van der Waals surface area (Å²) in [5.74, 6) is -9.63. The summed E-state index contributed by atoms with van der Waals surface area (Å²) in [6.07, 6.45) is 13.1. The maximum Gasteiger partial charge on any atom is 0.264 e. The molecule has 6 amide bonds. The first-order chi connectivity index (χ1) is 47.1. The Hall–Kier alpha value is -8.52. The van der Waals surface area contributed by atoms with Crippen molar-refractivity contribution in [2.45, 2.75) is 207 Å². The molecule has 0 fully saturated rings. The number of imide groups is 3. The molecule has 3 aliphatic heterocycles. The molecule has 3 atom stereocenters. The number of para-hydroxylation sites is 2. The van der Waals surface area contributed by atoms with Gasteiger partial charge < -0.3 is 4.57 Å². The summed E-state index contributed by atoms with van der Waals surface area (Å²) in [5.41, 5.74) is 17.4. The van der Waals surface area contributed by atoms with Crippen LogP contribution < -0.4 is 0 Å². The number of carbonyl (C=O) groups excluding carboxylic acids is 6. The maximum atomic E-state index is 13.8. The smallest absolute Gasteiger partial charge is 0.264 e. The maximum absolute atomic E-state index is 13.8. The second kappa shape index (κ2) is 32.6. The number of amides is 6. The number of nitrogens with zero attached hydrogens (tertiary/aromatic N) is 4. The fourth-order valence-corrected chi connectivity index (χ4v) is 14.6. The van der Waals surface area contributed by atoms with E-state index in [-0.39, 0.29) is 41.6 Å². The zero-order valence-corrected chi connectivity index (χ0v) is 61.5. The van der Waals surface area contributed by atoms with Crippen LogP contribution in [0.2, 0.25) is 0 Å². The largest absolute Gasteiger partial charge is 0.335 e. The molecule has 0 radical (unpaired) electrons. The Kier molecular flexibility index (Phi) is 25.1. The molecular weight excluding hydrogens is 1250 g/mol. The fraction of sp³-hybridized carbons (Fsp3) is 0.435. The molecule has 3 unspecified atom stereocenters. The minimum atomic E-state index is -2.08. The van der Waals surface area contributed by atoms with Crippen LogP contribution in [0.5, 0.6) is 0 Å². The minimum absolute atomic E-state index is 0.0229. The molecule has 4 aliphatic rings. The van der Waals surface area contributed by atoms with Gasteiger partial charge in [0.15, 0.2) is 23.3 Å². The molecule has 99 heavy (non-hydrogen) atoms. The summed E-state index contributed by atoms with van der Waals surface area (Å²) in [6.45, 7) is 36.3. The topological polar surface area (TPSA) is 117 Å². The number of rotatable bonds is 18. The Morgan fingerprint density at radius 2 is 0.616 bits per heavy atom. The highest BCUT2D eigenvalue weighted by Crippen LogP contribution is 2.40. The van der Waals surface area contributed by atoms with Gasteiger partial charge in [0.2, 0.25) is 0 Å². The third-order valence-electron chi connectivity index (χ3n) is 21.3. The third-order valence-corrected chi connectivity index (χ3v) is 21.3. The van der Waals surface area contributed by atoms with Crippen molar-refractivity contribution >= 4 is 57.2 Å². The zero-order chi connectivity index (χ0) is 72.6. The fourth-order valence-electron chi connectivity index (χ4n) is 14.6. The van der Waals surface area contributed by atoms with E-state index in [2.05, 4.69) is 150 Å². The van der Waals surface area contributed by atoms with E-state index in [1.807, 2.05) is 69.2 Å². The molecular formula is C85H102F4N4O6. The van der Waals surface area contributed by atoms with E-state index in [1.54, 1.807) is 0 Å². The molecule has 1 aromatic heterocycles. The number of fused-ring (bicyclic) bond motifs is 9. The average Bonchev–Trinajstić information content (AvgIpc) is 1.59. The second-order valence-electron chi connectivity index (χ2n) is 28.4. The van der Waals surface area contributed by atoms with E-state index in [1.165, 1.54) is 53.9 Å². The van der Waals surface area contributed by atoms with Crippen LogP contribution >= 0.6 is 0 Å². The summed E-state index contributed by atoms with van der Waals surface area (Å²) in [6, 6.07) is 34.6. The molecule has 7 aromatic carbocycles. The predicted molar refractivity (Wildman–Crippen MR) is 392 cm³/mol. The standard InChI is InChI=1S/2C20H29NO2.C16H17F4NO2.C16H17N.C13H10/c2*1-7-9-10-16(8-2)11-21-19(22)17-14(5)12(3)13(4)15(6)18(17)20(21)23;1-3-5-6-8(4-2)7-21-15(22)9-10(16(21)23)12(18)14(20)13(19)11(9)17;1-16(2,3)17-14-10-6-4-8-12(14)13-9-5-7-11-15(13)17;1-3-7-12-10(5-1)9-11-6-2-4-8-13(11)12/h2*16H,7-11H2,1-6H3;8H,3-7H2,1-2H3;4-11H,1-3H3;1-8H,9H2. The van der Waals surface area contributed by atoms with Gasteiger partial charge >= 0.3 is 0 Å². The van der Waals surface area contributed by atoms with Crippen LogP contribution in [0.25, 0.3) is 32.9 Å². The lowest BCUT2D eigenvalue weighted by atomic mass is 9.90. The lowest BCUT2D eigenvalue weighted by molar-refractivity contribution is 0.0607. The van der Waals surface area contributed by atoms with Crippen molar-refractivity contribution in [2.24, 2.45) is 17.8 Å². The summed E-state index contributed by atoms with van der Waals surface area (Å²) in [4.78, 5) is 79.5. The van der Waals surface area contributed by atoms with Gasteiger partial charge in [0.25, 0.3) is 35.4 Å². The first kappa shape index (κ1) is 76.2. The minimum Gasteiger partial charge on any atom is -0.335 e. The van der Waals surface area contributed by atoms with Crippen molar-refractivity contribution in [3.05, 3.63) is 209 Å². The van der Waals surface area contributed by atoms with Gasteiger partial charge in [-0.05, 0) is 198 Å².